The summed E-state index contributed by atoms with van der Waals surface area (Å²) in [7, 11) is 0. The molecule has 0 amide bonds. The Hall–Kier alpha value is -1.50. The quantitative estimate of drug-likeness (QED) is 0.878. The molecular weight excluding hydrogens is 292 g/mol. The van der Waals surface area contributed by atoms with E-state index in [2.05, 4.69) is 19.5 Å². The third-order valence-electron chi connectivity index (χ3n) is 4.30. The highest BCUT2D eigenvalue weighted by molar-refractivity contribution is 5.37. The van der Waals surface area contributed by atoms with Gasteiger partial charge in [-0.05, 0) is 45.4 Å². The van der Waals surface area contributed by atoms with E-state index in [1.54, 1.807) is 0 Å². The van der Waals surface area contributed by atoms with Crippen molar-refractivity contribution >= 4 is 5.65 Å². The van der Waals surface area contributed by atoms with Gasteiger partial charge in [0, 0.05) is 25.2 Å². The molecule has 2 atom stereocenters. The minimum Gasteiger partial charge on any atom is -0.389 e. The van der Waals surface area contributed by atoms with Gasteiger partial charge in [-0.2, -0.15) is 0 Å². The first-order valence-corrected chi connectivity index (χ1v) is 8.45. The zero-order valence-electron chi connectivity index (χ0n) is 13.9. The van der Waals surface area contributed by atoms with Crippen LogP contribution in [-0.2, 0) is 4.74 Å². The van der Waals surface area contributed by atoms with Crippen molar-refractivity contribution in [2.45, 2.75) is 44.8 Å². The van der Waals surface area contributed by atoms with E-state index in [0.717, 1.165) is 37.4 Å². The van der Waals surface area contributed by atoms with E-state index >= 15 is 0 Å². The van der Waals surface area contributed by atoms with Gasteiger partial charge in [0.1, 0.15) is 5.82 Å². The summed E-state index contributed by atoms with van der Waals surface area (Å²) in [6, 6.07) is 5.96. The van der Waals surface area contributed by atoms with E-state index in [1.165, 1.54) is 0 Å². The highest BCUT2D eigenvalue weighted by Crippen LogP contribution is 2.26. The van der Waals surface area contributed by atoms with Crippen LogP contribution in [0.2, 0.25) is 0 Å². The average Bonchev–Trinajstić information content (AvgIpc) is 2.97. The van der Waals surface area contributed by atoms with Crippen molar-refractivity contribution in [1.29, 1.82) is 0 Å². The average molecular weight is 318 g/mol. The zero-order chi connectivity index (χ0) is 16.2. The number of piperidine rings is 1. The third kappa shape index (κ3) is 4.07. The fourth-order valence-electron chi connectivity index (χ4n) is 3.22. The third-order valence-corrected chi connectivity index (χ3v) is 4.30. The van der Waals surface area contributed by atoms with Crippen LogP contribution in [0.1, 0.15) is 38.4 Å². The molecule has 1 aliphatic rings. The fourth-order valence-corrected chi connectivity index (χ4v) is 3.22. The standard InChI is InChI=1S/C17H26N4O2/c1-13(2)23-12-15(22)11-20-8-5-6-14(10-20)17-19-18-16-7-3-4-9-21(16)17/h3-4,7,9,13-15,22H,5-6,8,10-12H2,1-2H3. The molecule has 1 aliphatic heterocycles. The lowest BCUT2D eigenvalue weighted by atomic mass is 9.97. The Morgan fingerprint density at radius 2 is 2.22 bits per heavy atom. The smallest absolute Gasteiger partial charge is 0.160 e. The van der Waals surface area contributed by atoms with E-state index in [4.69, 9.17) is 4.74 Å². The molecule has 0 saturated carbocycles. The van der Waals surface area contributed by atoms with Crippen LogP contribution in [0.3, 0.4) is 0 Å². The lowest BCUT2D eigenvalue weighted by molar-refractivity contribution is -0.0117. The lowest BCUT2D eigenvalue weighted by Crippen LogP contribution is -2.41. The van der Waals surface area contributed by atoms with Crippen molar-refractivity contribution in [2.75, 3.05) is 26.2 Å². The summed E-state index contributed by atoms with van der Waals surface area (Å²) in [6.45, 7) is 6.95. The molecule has 6 heteroatoms. The number of nitrogens with zero attached hydrogens (tertiary/aromatic N) is 4. The second-order valence-electron chi connectivity index (χ2n) is 6.62. The number of aliphatic hydroxyl groups is 1. The van der Waals surface area contributed by atoms with Crippen molar-refractivity contribution in [3.63, 3.8) is 0 Å². The van der Waals surface area contributed by atoms with Crippen LogP contribution in [0.4, 0.5) is 0 Å². The first kappa shape index (κ1) is 16.4. The molecule has 126 valence electrons. The molecule has 0 radical (unpaired) electrons. The van der Waals surface area contributed by atoms with Crippen molar-refractivity contribution in [3.8, 4) is 0 Å². The molecule has 1 saturated heterocycles. The van der Waals surface area contributed by atoms with Gasteiger partial charge in [0.2, 0.25) is 0 Å². The second-order valence-corrected chi connectivity index (χ2v) is 6.62. The van der Waals surface area contributed by atoms with E-state index < -0.39 is 6.10 Å². The number of β-amino-alcohol motifs (C(OH)–C–C–N with tert-alkyl or cyclic N) is 1. The number of hydrogen-bond donors (Lipinski definition) is 1. The van der Waals surface area contributed by atoms with Gasteiger partial charge in [0.25, 0.3) is 0 Å². The molecule has 23 heavy (non-hydrogen) atoms. The number of likely N-dealkylation sites (tertiary alicyclic amines) is 1. The van der Waals surface area contributed by atoms with Gasteiger partial charge in [0.15, 0.2) is 5.65 Å². The van der Waals surface area contributed by atoms with Crippen LogP contribution in [0.25, 0.3) is 5.65 Å². The maximum Gasteiger partial charge on any atom is 0.160 e. The predicted octanol–water partition coefficient (Wildman–Crippen LogP) is 1.69. The number of hydrogen-bond acceptors (Lipinski definition) is 5. The number of rotatable bonds is 6. The van der Waals surface area contributed by atoms with Gasteiger partial charge >= 0.3 is 0 Å². The molecule has 0 aromatic carbocycles. The van der Waals surface area contributed by atoms with E-state index in [1.807, 2.05) is 38.2 Å². The van der Waals surface area contributed by atoms with Crippen LogP contribution < -0.4 is 0 Å². The number of fused-ring (bicyclic) bond motifs is 1. The molecular formula is C17H26N4O2. The summed E-state index contributed by atoms with van der Waals surface area (Å²) in [5.41, 5.74) is 0.894. The molecule has 6 nitrogen and oxygen atoms in total. The predicted molar refractivity (Wildman–Crippen MR) is 88.5 cm³/mol. The molecule has 0 aliphatic carbocycles. The zero-order valence-corrected chi connectivity index (χ0v) is 13.9. The van der Waals surface area contributed by atoms with Crippen molar-refractivity contribution < 1.29 is 9.84 Å². The SMILES string of the molecule is CC(C)OCC(O)CN1CCCC(c2nnc3ccccn23)C1. The lowest BCUT2D eigenvalue weighted by Gasteiger charge is -2.33. The normalized spacial score (nSPS) is 21.1. The summed E-state index contributed by atoms with van der Waals surface area (Å²) >= 11 is 0. The monoisotopic (exact) mass is 318 g/mol. The van der Waals surface area contributed by atoms with E-state index in [-0.39, 0.29) is 6.10 Å². The maximum absolute atomic E-state index is 10.1. The highest BCUT2D eigenvalue weighted by Gasteiger charge is 2.26. The summed E-state index contributed by atoms with van der Waals surface area (Å²) in [4.78, 5) is 2.31. The minimum atomic E-state index is -0.439. The van der Waals surface area contributed by atoms with Gasteiger partial charge in [-0.3, -0.25) is 9.30 Å². The van der Waals surface area contributed by atoms with Gasteiger partial charge < -0.3 is 9.84 Å². The Bertz CT molecular complexity index is 628. The summed E-state index contributed by atoms with van der Waals surface area (Å²) < 4.78 is 7.57. The van der Waals surface area contributed by atoms with Gasteiger partial charge in [-0.15, -0.1) is 10.2 Å². The van der Waals surface area contributed by atoms with Crippen LogP contribution >= 0.6 is 0 Å². The molecule has 2 unspecified atom stereocenters. The maximum atomic E-state index is 10.1. The van der Waals surface area contributed by atoms with Crippen molar-refractivity contribution in [2.24, 2.45) is 0 Å². The van der Waals surface area contributed by atoms with Gasteiger partial charge in [0.05, 0.1) is 18.8 Å². The molecule has 3 heterocycles. The Morgan fingerprint density at radius 3 is 3.04 bits per heavy atom. The van der Waals surface area contributed by atoms with Crippen LogP contribution in [-0.4, -0.2) is 63.1 Å². The Labute approximate surface area is 137 Å². The molecule has 0 bridgehead atoms. The molecule has 2 aromatic heterocycles. The summed E-state index contributed by atoms with van der Waals surface area (Å²) in [6.07, 6.45) is 3.97. The molecule has 1 N–H and O–H groups in total. The Balaban J connectivity index is 1.62. The number of aromatic nitrogens is 3. The van der Waals surface area contributed by atoms with Crippen LogP contribution in [0.5, 0.6) is 0 Å². The molecule has 3 rings (SSSR count). The first-order chi connectivity index (χ1) is 11.1. The van der Waals surface area contributed by atoms with Gasteiger partial charge in [-0.1, -0.05) is 6.07 Å². The Morgan fingerprint density at radius 1 is 1.35 bits per heavy atom. The number of aliphatic hydroxyl groups excluding tert-OH is 1. The molecule has 2 aromatic rings. The highest BCUT2D eigenvalue weighted by atomic mass is 16.5. The molecule has 0 spiro atoms. The molecule has 1 fully saturated rings. The number of pyridine rings is 1. The largest absolute Gasteiger partial charge is 0.389 e. The Kier molecular flexibility index (Phi) is 5.25. The van der Waals surface area contributed by atoms with Crippen LogP contribution in [0, 0.1) is 0 Å². The topological polar surface area (TPSA) is 62.9 Å². The van der Waals surface area contributed by atoms with E-state index in [9.17, 15) is 5.11 Å². The van der Waals surface area contributed by atoms with Crippen molar-refractivity contribution in [1.82, 2.24) is 19.5 Å². The van der Waals surface area contributed by atoms with Crippen LogP contribution in [0.15, 0.2) is 24.4 Å². The minimum absolute atomic E-state index is 0.154. The fraction of sp³-hybridized carbons (Fsp3) is 0.647. The van der Waals surface area contributed by atoms with Gasteiger partial charge in [-0.25, -0.2) is 0 Å². The van der Waals surface area contributed by atoms with E-state index in [0.29, 0.717) is 19.1 Å². The summed E-state index contributed by atoms with van der Waals surface area (Å²) in [5.74, 6) is 1.39. The second kappa shape index (κ2) is 7.38. The number of ether oxygens (including phenoxy) is 1. The first-order valence-electron chi connectivity index (χ1n) is 8.45. The van der Waals surface area contributed by atoms with Crippen molar-refractivity contribution in [3.05, 3.63) is 30.2 Å². The summed E-state index contributed by atoms with van der Waals surface area (Å²) in [5, 5.41) is 18.8.